The van der Waals surface area contributed by atoms with Crippen molar-refractivity contribution >= 4 is 35.6 Å². The fourth-order valence-corrected chi connectivity index (χ4v) is 6.23. The van der Waals surface area contributed by atoms with Gasteiger partial charge in [0, 0.05) is 5.41 Å². The molecule has 6 aliphatic rings. The molecule has 2 aromatic carbocycles. The van der Waals surface area contributed by atoms with E-state index in [2.05, 4.69) is 0 Å². The Kier molecular flexibility index (Phi) is 4.30. The van der Waals surface area contributed by atoms with Crippen molar-refractivity contribution < 1.29 is 38.7 Å². The maximum absolute atomic E-state index is 12.4. The third kappa shape index (κ3) is 2.88. The summed E-state index contributed by atoms with van der Waals surface area (Å²) in [6.45, 7) is 0. The predicted octanol–water partition coefficient (Wildman–Crippen LogP) is 2.83. The van der Waals surface area contributed by atoms with E-state index in [0.717, 1.165) is 37.0 Å². The number of amides is 4. The lowest BCUT2D eigenvalue weighted by Gasteiger charge is -2.23. The largest absolute Gasteiger partial charge is 0.479 e. The molecule has 2 spiro atoms. The van der Waals surface area contributed by atoms with Gasteiger partial charge in [-0.1, -0.05) is 29.3 Å². The first-order valence-electron chi connectivity index (χ1n) is 12.6. The molecule has 0 saturated heterocycles. The van der Waals surface area contributed by atoms with E-state index >= 15 is 0 Å². The number of hydrogen-bond donors (Lipinski definition) is 1. The van der Waals surface area contributed by atoms with Crippen LogP contribution in [0.2, 0.25) is 0 Å². The zero-order valence-corrected chi connectivity index (χ0v) is 20.1. The molecule has 2 atom stereocenters. The summed E-state index contributed by atoms with van der Waals surface area (Å²) in [7, 11) is 0. The first-order valence-corrected chi connectivity index (χ1v) is 12.6. The molecule has 8 rings (SSSR count). The molecular formula is C28H22N2O8. The Balaban J connectivity index is 0.000000127. The lowest BCUT2D eigenvalue weighted by Crippen LogP contribution is -2.49. The normalized spacial score (nSPS) is 27.5. The number of fused-ring (bicyclic) bond motifs is 2. The van der Waals surface area contributed by atoms with Crippen LogP contribution in [0, 0.1) is 16.7 Å². The summed E-state index contributed by atoms with van der Waals surface area (Å²) in [5.41, 5.74) is -0.275. The van der Waals surface area contributed by atoms with Crippen LogP contribution in [0.4, 0.5) is 0 Å². The van der Waals surface area contributed by atoms with E-state index in [1.165, 1.54) is 0 Å². The summed E-state index contributed by atoms with van der Waals surface area (Å²) in [5.74, 6) is -3.68. The van der Waals surface area contributed by atoms with Crippen LogP contribution in [0.15, 0.2) is 48.5 Å². The molecule has 2 aromatic rings. The van der Waals surface area contributed by atoms with E-state index < -0.39 is 41.1 Å². The second-order valence-electron chi connectivity index (χ2n) is 11.1. The molecule has 192 valence electrons. The van der Waals surface area contributed by atoms with Crippen molar-refractivity contribution in [1.29, 1.82) is 0 Å². The molecule has 2 aliphatic heterocycles. The summed E-state index contributed by atoms with van der Waals surface area (Å²) in [4.78, 5) is 78.2. The van der Waals surface area contributed by atoms with Gasteiger partial charge < -0.3 is 9.94 Å². The van der Waals surface area contributed by atoms with Gasteiger partial charge in [-0.3, -0.25) is 24.1 Å². The maximum atomic E-state index is 12.4. The molecule has 0 aromatic heterocycles. The second-order valence-corrected chi connectivity index (χ2v) is 11.1. The predicted molar refractivity (Wildman–Crippen MR) is 126 cm³/mol. The zero-order valence-electron chi connectivity index (χ0n) is 20.1. The van der Waals surface area contributed by atoms with Gasteiger partial charge in [0.15, 0.2) is 5.54 Å². The van der Waals surface area contributed by atoms with Crippen molar-refractivity contribution in [3.8, 4) is 0 Å². The minimum Gasteiger partial charge on any atom is -0.479 e. The number of benzene rings is 2. The van der Waals surface area contributed by atoms with E-state index in [1.807, 2.05) is 0 Å². The van der Waals surface area contributed by atoms with Crippen molar-refractivity contribution in [3.05, 3.63) is 70.8 Å². The second kappa shape index (κ2) is 7.15. The summed E-state index contributed by atoms with van der Waals surface area (Å²) in [6.07, 6.45) is 4.90. The van der Waals surface area contributed by atoms with Crippen molar-refractivity contribution in [2.24, 2.45) is 16.7 Å². The van der Waals surface area contributed by atoms with Gasteiger partial charge in [-0.2, -0.15) is 0 Å². The fourth-order valence-electron chi connectivity index (χ4n) is 6.23. The Morgan fingerprint density at radius 2 is 1.24 bits per heavy atom. The molecule has 2 heterocycles. The average Bonchev–Trinajstić information content (AvgIpc) is 3.81. The molecule has 1 unspecified atom stereocenters. The van der Waals surface area contributed by atoms with Crippen LogP contribution in [0.5, 0.6) is 0 Å². The summed E-state index contributed by atoms with van der Waals surface area (Å²) in [6, 6.07) is 13.0. The van der Waals surface area contributed by atoms with Crippen molar-refractivity contribution in [2.45, 2.75) is 44.1 Å². The topological polar surface area (TPSA) is 138 Å². The van der Waals surface area contributed by atoms with Crippen LogP contribution < -0.4 is 0 Å². The van der Waals surface area contributed by atoms with E-state index in [0.29, 0.717) is 22.6 Å². The van der Waals surface area contributed by atoms with Crippen molar-refractivity contribution in [1.82, 2.24) is 9.96 Å². The Bertz CT molecular complexity index is 1450. The third-order valence-electron chi connectivity index (χ3n) is 9.03. The van der Waals surface area contributed by atoms with Gasteiger partial charge in [0.05, 0.1) is 28.2 Å². The van der Waals surface area contributed by atoms with Gasteiger partial charge in [-0.15, -0.1) is 0 Å². The smallest absolute Gasteiger partial charge is 0.336 e. The number of carbonyl (C=O) groups excluding carboxylic acids is 5. The number of imide groups is 2. The molecule has 0 radical (unpaired) electrons. The number of nitrogens with zero attached hydrogens (tertiary/aromatic N) is 2. The van der Waals surface area contributed by atoms with Crippen LogP contribution in [-0.4, -0.2) is 56.2 Å². The quantitative estimate of drug-likeness (QED) is 0.615. The third-order valence-corrected chi connectivity index (χ3v) is 9.03. The van der Waals surface area contributed by atoms with Crippen LogP contribution in [0.3, 0.4) is 0 Å². The van der Waals surface area contributed by atoms with Gasteiger partial charge in [0.2, 0.25) is 0 Å². The van der Waals surface area contributed by atoms with E-state index in [4.69, 9.17) is 4.84 Å². The number of carbonyl (C=O) groups is 6. The summed E-state index contributed by atoms with van der Waals surface area (Å²) >= 11 is 0. The van der Waals surface area contributed by atoms with Gasteiger partial charge in [0.1, 0.15) is 0 Å². The van der Waals surface area contributed by atoms with Crippen LogP contribution in [0.25, 0.3) is 0 Å². The summed E-state index contributed by atoms with van der Waals surface area (Å²) < 4.78 is 0. The molecule has 1 N–H and O–H groups in total. The van der Waals surface area contributed by atoms with Crippen LogP contribution >= 0.6 is 0 Å². The fraction of sp³-hybridized carbons (Fsp3) is 0.357. The van der Waals surface area contributed by atoms with Crippen LogP contribution in [0.1, 0.15) is 80.0 Å². The van der Waals surface area contributed by atoms with Gasteiger partial charge in [-0.25, -0.2) is 9.59 Å². The van der Waals surface area contributed by atoms with Gasteiger partial charge in [0.25, 0.3) is 23.6 Å². The van der Waals surface area contributed by atoms with Gasteiger partial charge >= 0.3 is 11.9 Å². The first-order chi connectivity index (χ1) is 18.2. The first kappa shape index (κ1) is 22.8. The Morgan fingerprint density at radius 1 is 0.763 bits per heavy atom. The minimum absolute atomic E-state index is 0.128. The van der Waals surface area contributed by atoms with E-state index in [1.54, 1.807) is 48.5 Å². The molecule has 4 saturated carbocycles. The minimum atomic E-state index is -1.29. The molecule has 10 nitrogen and oxygen atoms in total. The molecule has 0 bridgehead atoms. The SMILES string of the molecule is O=C(ON1C(=O)c2ccccc2C1=O)C1CC12CC2.O=C1c2ccccc2C(=O)N1[C@@]1(C(=O)O)CC12CC2. The van der Waals surface area contributed by atoms with Gasteiger partial charge in [-0.05, 0) is 68.2 Å². The Labute approximate surface area is 216 Å². The molecule has 38 heavy (non-hydrogen) atoms. The van der Waals surface area contributed by atoms with Crippen LogP contribution in [-0.2, 0) is 14.4 Å². The summed E-state index contributed by atoms with van der Waals surface area (Å²) in [5, 5.41) is 10.1. The number of hydrogen-bond acceptors (Lipinski definition) is 7. The lowest BCUT2D eigenvalue weighted by atomic mass is 10.1. The number of hydroxylamine groups is 2. The standard InChI is InChI=1S/2C14H11NO4/c16-10-8-3-1-2-4-9(8)11(17)15(10)14(12(18)19)7-13(14)5-6-13;16-11-8-3-1-2-4-9(8)12(17)15(11)19-13(18)10-7-14(10)5-6-14/h1-4H,5-7H2,(H,18,19);1-4,10H,5-7H2/t14-;/m1./s1. The molecule has 10 heteroatoms. The Morgan fingerprint density at radius 3 is 1.61 bits per heavy atom. The highest BCUT2D eigenvalue weighted by Crippen LogP contribution is 2.76. The monoisotopic (exact) mass is 514 g/mol. The number of carboxylic acids is 1. The Hall–Kier alpha value is -4.34. The highest BCUT2D eigenvalue weighted by atomic mass is 16.7. The highest BCUT2D eigenvalue weighted by Gasteiger charge is 2.83. The molecule has 4 amide bonds. The van der Waals surface area contributed by atoms with E-state index in [-0.39, 0.29) is 27.9 Å². The number of rotatable bonds is 4. The lowest BCUT2D eigenvalue weighted by molar-refractivity contribution is -0.170. The molecule has 4 fully saturated rings. The molecule has 4 aliphatic carbocycles. The van der Waals surface area contributed by atoms with Crippen molar-refractivity contribution in [3.63, 3.8) is 0 Å². The zero-order chi connectivity index (χ0) is 26.6. The maximum Gasteiger partial charge on any atom is 0.336 e. The number of aliphatic carboxylic acids is 1. The highest BCUT2D eigenvalue weighted by molar-refractivity contribution is 6.24. The molecular weight excluding hydrogens is 492 g/mol. The number of carboxylic acid groups (broad SMARTS) is 1. The van der Waals surface area contributed by atoms with Crippen molar-refractivity contribution in [2.75, 3.05) is 0 Å². The van der Waals surface area contributed by atoms with E-state index in [9.17, 15) is 33.9 Å². The average molecular weight is 514 g/mol.